The number of benzene rings is 1. The van der Waals surface area contributed by atoms with Gasteiger partial charge in [-0.3, -0.25) is 9.20 Å². The maximum absolute atomic E-state index is 12.1. The molecule has 0 saturated carbocycles. The molecule has 0 radical (unpaired) electrons. The zero-order valence-electron chi connectivity index (χ0n) is 10.6. The topological polar surface area (TPSA) is 87.5 Å². The summed E-state index contributed by atoms with van der Waals surface area (Å²) in [6.07, 6.45) is 1.96. The van der Waals surface area contributed by atoms with Crippen LogP contribution in [0, 0.1) is 0 Å². The summed E-state index contributed by atoms with van der Waals surface area (Å²) in [4.78, 5) is 29.8. The van der Waals surface area contributed by atoms with Crippen LogP contribution in [0.2, 0.25) is 5.02 Å². The molecule has 6 nitrogen and oxygen atoms in total. The van der Waals surface area contributed by atoms with Gasteiger partial charge in [-0.05, 0) is 17.7 Å². The van der Waals surface area contributed by atoms with Crippen molar-refractivity contribution in [3.05, 3.63) is 56.7 Å². The second-order valence-electron chi connectivity index (χ2n) is 4.88. The SMILES string of the molecule is O=C(O)c1cn2c3c([nH]c(=O)c2n1)-c1cc(Cl)ccc1C3. The van der Waals surface area contributed by atoms with E-state index in [-0.39, 0.29) is 11.3 Å². The van der Waals surface area contributed by atoms with Gasteiger partial charge in [-0.2, -0.15) is 0 Å². The van der Waals surface area contributed by atoms with E-state index in [4.69, 9.17) is 16.7 Å². The molecule has 4 rings (SSSR count). The van der Waals surface area contributed by atoms with Crippen molar-refractivity contribution in [2.75, 3.05) is 0 Å². The van der Waals surface area contributed by atoms with Crippen molar-refractivity contribution in [2.24, 2.45) is 0 Å². The summed E-state index contributed by atoms with van der Waals surface area (Å²) in [6.45, 7) is 0. The van der Waals surface area contributed by atoms with Crippen molar-refractivity contribution in [3.8, 4) is 11.3 Å². The number of hydrogen-bond acceptors (Lipinski definition) is 3. The fourth-order valence-electron chi connectivity index (χ4n) is 2.72. The number of H-pyrrole nitrogens is 1. The molecule has 0 aliphatic heterocycles. The van der Waals surface area contributed by atoms with Crippen LogP contribution in [-0.2, 0) is 6.42 Å². The van der Waals surface area contributed by atoms with Gasteiger partial charge in [0.1, 0.15) is 0 Å². The number of aromatic carboxylic acids is 1. The number of carbonyl (C=O) groups is 1. The summed E-state index contributed by atoms with van der Waals surface area (Å²) < 4.78 is 1.55. The van der Waals surface area contributed by atoms with Gasteiger partial charge in [-0.1, -0.05) is 17.7 Å². The van der Waals surface area contributed by atoms with Crippen molar-refractivity contribution in [2.45, 2.75) is 6.42 Å². The number of rotatable bonds is 1. The van der Waals surface area contributed by atoms with Crippen LogP contribution in [-0.4, -0.2) is 25.4 Å². The molecule has 104 valence electrons. The fraction of sp³-hybridized carbons (Fsp3) is 0.0714. The van der Waals surface area contributed by atoms with Crippen LogP contribution < -0.4 is 5.56 Å². The largest absolute Gasteiger partial charge is 0.476 e. The van der Waals surface area contributed by atoms with Gasteiger partial charge in [0.05, 0.1) is 11.4 Å². The highest BCUT2D eigenvalue weighted by Crippen LogP contribution is 2.36. The molecule has 0 atom stereocenters. The van der Waals surface area contributed by atoms with Crippen molar-refractivity contribution in [1.82, 2.24) is 14.4 Å². The van der Waals surface area contributed by atoms with E-state index in [1.54, 1.807) is 16.5 Å². The van der Waals surface area contributed by atoms with Crippen LogP contribution in [0.15, 0.2) is 29.2 Å². The van der Waals surface area contributed by atoms with Crippen LogP contribution in [0.3, 0.4) is 0 Å². The van der Waals surface area contributed by atoms with Gasteiger partial charge in [0, 0.05) is 23.2 Å². The Morgan fingerprint density at radius 3 is 3.00 bits per heavy atom. The number of imidazole rings is 1. The van der Waals surface area contributed by atoms with Gasteiger partial charge in [-0.25, -0.2) is 9.78 Å². The molecule has 1 aliphatic carbocycles. The zero-order chi connectivity index (χ0) is 14.7. The minimum atomic E-state index is -1.16. The van der Waals surface area contributed by atoms with Gasteiger partial charge < -0.3 is 10.1 Å². The van der Waals surface area contributed by atoms with E-state index in [0.717, 1.165) is 16.8 Å². The maximum atomic E-state index is 12.1. The second kappa shape index (κ2) is 3.95. The van der Waals surface area contributed by atoms with Crippen LogP contribution in [0.25, 0.3) is 16.9 Å². The average molecular weight is 302 g/mol. The Balaban J connectivity index is 2.08. The average Bonchev–Trinajstić information content (AvgIpc) is 3.01. The number of fused-ring (bicyclic) bond motifs is 5. The van der Waals surface area contributed by atoms with E-state index in [9.17, 15) is 9.59 Å². The predicted octanol–water partition coefficient (Wildman–Crippen LogP) is 1.95. The molecule has 2 aromatic heterocycles. The van der Waals surface area contributed by atoms with Gasteiger partial charge in [-0.15, -0.1) is 0 Å². The van der Waals surface area contributed by atoms with Gasteiger partial charge in [0.25, 0.3) is 5.56 Å². The third-order valence-corrected chi connectivity index (χ3v) is 3.88. The van der Waals surface area contributed by atoms with Crippen LogP contribution >= 0.6 is 11.6 Å². The molecule has 0 unspecified atom stereocenters. The molecule has 2 heterocycles. The monoisotopic (exact) mass is 301 g/mol. The Morgan fingerprint density at radius 1 is 1.43 bits per heavy atom. The lowest BCUT2D eigenvalue weighted by Gasteiger charge is -2.03. The van der Waals surface area contributed by atoms with E-state index in [1.165, 1.54) is 6.20 Å². The smallest absolute Gasteiger partial charge is 0.356 e. The van der Waals surface area contributed by atoms with Gasteiger partial charge in [0.2, 0.25) is 5.65 Å². The first-order valence-corrected chi connectivity index (χ1v) is 6.59. The standard InChI is InChI=1S/C14H8ClN3O3/c15-7-2-1-6-3-10-11(8(6)4-7)17-13(19)12-16-9(14(20)21)5-18(10)12/h1-2,4-5H,3H2,(H,17,19)(H,20,21). The maximum Gasteiger partial charge on any atom is 0.356 e. The molecule has 7 heteroatoms. The molecular weight excluding hydrogens is 294 g/mol. The third kappa shape index (κ3) is 1.62. The highest BCUT2D eigenvalue weighted by atomic mass is 35.5. The minimum absolute atomic E-state index is 0.0880. The number of halogens is 1. The van der Waals surface area contributed by atoms with Crippen LogP contribution in [0.5, 0.6) is 0 Å². The van der Waals surface area contributed by atoms with Crippen molar-refractivity contribution in [3.63, 3.8) is 0 Å². The van der Waals surface area contributed by atoms with Gasteiger partial charge >= 0.3 is 5.97 Å². The number of carboxylic acids is 1. The quantitative estimate of drug-likeness (QED) is 0.562. The number of aromatic amines is 1. The zero-order valence-corrected chi connectivity index (χ0v) is 11.3. The fourth-order valence-corrected chi connectivity index (χ4v) is 2.90. The molecule has 1 aromatic carbocycles. The lowest BCUT2D eigenvalue weighted by atomic mass is 10.1. The highest BCUT2D eigenvalue weighted by Gasteiger charge is 2.24. The highest BCUT2D eigenvalue weighted by molar-refractivity contribution is 6.30. The summed E-state index contributed by atoms with van der Waals surface area (Å²) >= 11 is 6.00. The number of nitrogens with zero attached hydrogens (tertiary/aromatic N) is 2. The van der Waals surface area contributed by atoms with Crippen LogP contribution in [0.4, 0.5) is 0 Å². The molecular formula is C14H8ClN3O3. The molecule has 21 heavy (non-hydrogen) atoms. The Hall–Kier alpha value is -2.60. The number of nitrogens with one attached hydrogen (secondary N) is 1. The normalized spacial score (nSPS) is 12.4. The van der Waals surface area contributed by atoms with E-state index >= 15 is 0 Å². The molecule has 0 saturated heterocycles. The van der Waals surface area contributed by atoms with Crippen molar-refractivity contribution < 1.29 is 9.90 Å². The Labute approximate surface area is 122 Å². The summed E-state index contributed by atoms with van der Waals surface area (Å²) in [6, 6.07) is 5.48. The third-order valence-electron chi connectivity index (χ3n) is 3.65. The van der Waals surface area contributed by atoms with E-state index < -0.39 is 11.5 Å². The van der Waals surface area contributed by atoms with E-state index in [0.29, 0.717) is 17.1 Å². The summed E-state index contributed by atoms with van der Waals surface area (Å²) in [5.41, 5.74) is 2.88. The molecule has 3 aromatic rings. The molecule has 2 N–H and O–H groups in total. The summed E-state index contributed by atoms with van der Waals surface area (Å²) in [7, 11) is 0. The van der Waals surface area contributed by atoms with Crippen molar-refractivity contribution >= 4 is 23.2 Å². The Morgan fingerprint density at radius 2 is 2.24 bits per heavy atom. The molecule has 0 spiro atoms. The predicted molar refractivity (Wildman–Crippen MR) is 76.0 cm³/mol. The second-order valence-corrected chi connectivity index (χ2v) is 5.32. The number of aromatic nitrogens is 3. The minimum Gasteiger partial charge on any atom is -0.476 e. The van der Waals surface area contributed by atoms with E-state index in [2.05, 4.69) is 9.97 Å². The Kier molecular flexibility index (Phi) is 2.29. The first-order valence-electron chi connectivity index (χ1n) is 6.21. The van der Waals surface area contributed by atoms with E-state index in [1.807, 2.05) is 6.07 Å². The lowest BCUT2D eigenvalue weighted by molar-refractivity contribution is 0.0691. The molecule has 0 amide bonds. The first kappa shape index (κ1) is 12.2. The number of carboxylic acid groups (broad SMARTS) is 1. The summed E-state index contributed by atoms with van der Waals surface area (Å²) in [5, 5.41) is 9.61. The van der Waals surface area contributed by atoms with Crippen LogP contribution in [0.1, 0.15) is 21.7 Å². The lowest BCUT2D eigenvalue weighted by Crippen LogP contribution is -2.13. The molecule has 0 bridgehead atoms. The Bertz CT molecular complexity index is 987. The molecule has 0 fully saturated rings. The van der Waals surface area contributed by atoms with Gasteiger partial charge in [0.15, 0.2) is 5.69 Å². The number of hydrogen-bond donors (Lipinski definition) is 2. The van der Waals surface area contributed by atoms with Crippen molar-refractivity contribution in [1.29, 1.82) is 0 Å². The molecule has 1 aliphatic rings. The first-order chi connectivity index (χ1) is 10.0. The summed E-state index contributed by atoms with van der Waals surface area (Å²) in [5.74, 6) is -1.16.